The van der Waals surface area contributed by atoms with Crippen molar-refractivity contribution in [2.45, 2.75) is 30.4 Å². The van der Waals surface area contributed by atoms with Gasteiger partial charge in [0.15, 0.2) is 0 Å². The van der Waals surface area contributed by atoms with E-state index in [9.17, 15) is 8.42 Å². The molecular formula is C12H18N2O3S. The van der Waals surface area contributed by atoms with E-state index >= 15 is 0 Å². The third kappa shape index (κ3) is 3.29. The van der Waals surface area contributed by atoms with Gasteiger partial charge in [-0.25, -0.2) is 13.1 Å². The van der Waals surface area contributed by atoms with Crippen LogP contribution in [0.25, 0.3) is 0 Å². The number of rotatable bonds is 5. The van der Waals surface area contributed by atoms with E-state index in [-0.39, 0.29) is 11.0 Å². The lowest BCUT2D eigenvalue weighted by Crippen LogP contribution is -2.31. The van der Waals surface area contributed by atoms with Crippen molar-refractivity contribution in [2.75, 3.05) is 13.2 Å². The molecule has 0 aliphatic carbocycles. The van der Waals surface area contributed by atoms with Crippen molar-refractivity contribution < 1.29 is 13.2 Å². The van der Waals surface area contributed by atoms with Gasteiger partial charge in [0.2, 0.25) is 10.0 Å². The molecule has 0 radical (unpaired) electrons. The summed E-state index contributed by atoms with van der Waals surface area (Å²) in [5.41, 5.74) is 6.30. The molecule has 1 aliphatic rings. The fraction of sp³-hybridized carbons (Fsp3) is 0.500. The largest absolute Gasteiger partial charge is 0.377 e. The molecule has 0 spiro atoms. The number of benzene rings is 1. The van der Waals surface area contributed by atoms with Crippen molar-refractivity contribution in [3.8, 4) is 0 Å². The first-order valence-electron chi connectivity index (χ1n) is 6.02. The number of nitrogens with one attached hydrogen (secondary N) is 1. The Morgan fingerprint density at radius 2 is 2.28 bits per heavy atom. The van der Waals surface area contributed by atoms with Gasteiger partial charge in [-0.1, -0.05) is 12.1 Å². The number of nitrogens with two attached hydrogens (primary N) is 1. The summed E-state index contributed by atoms with van der Waals surface area (Å²) in [4.78, 5) is 0.253. The van der Waals surface area contributed by atoms with Gasteiger partial charge in [-0.2, -0.15) is 0 Å². The Hall–Kier alpha value is -0.950. The Kier molecular flexibility index (Phi) is 4.34. The highest BCUT2D eigenvalue weighted by Gasteiger charge is 2.20. The highest BCUT2D eigenvalue weighted by Crippen LogP contribution is 2.14. The minimum atomic E-state index is -3.47. The second-order valence-corrected chi connectivity index (χ2v) is 6.11. The molecule has 1 aromatic carbocycles. The van der Waals surface area contributed by atoms with E-state index in [0.717, 1.165) is 25.0 Å². The number of sulfonamides is 1. The maximum absolute atomic E-state index is 12.0. The Labute approximate surface area is 107 Å². The van der Waals surface area contributed by atoms with Gasteiger partial charge in [0.25, 0.3) is 0 Å². The average Bonchev–Trinajstić information content (AvgIpc) is 2.90. The van der Waals surface area contributed by atoms with E-state index in [2.05, 4.69) is 4.72 Å². The lowest BCUT2D eigenvalue weighted by molar-refractivity contribution is 0.114. The third-order valence-electron chi connectivity index (χ3n) is 2.97. The normalized spacial score (nSPS) is 20.2. The molecule has 1 saturated heterocycles. The van der Waals surface area contributed by atoms with Gasteiger partial charge < -0.3 is 10.5 Å². The van der Waals surface area contributed by atoms with Crippen molar-refractivity contribution in [2.24, 2.45) is 5.73 Å². The van der Waals surface area contributed by atoms with Crippen molar-refractivity contribution in [3.63, 3.8) is 0 Å². The summed E-state index contributed by atoms with van der Waals surface area (Å²) in [6.07, 6.45) is 1.90. The summed E-state index contributed by atoms with van der Waals surface area (Å²) in [6.45, 7) is 1.37. The quantitative estimate of drug-likeness (QED) is 0.821. The van der Waals surface area contributed by atoms with E-state index < -0.39 is 10.0 Å². The summed E-state index contributed by atoms with van der Waals surface area (Å²) in [7, 11) is -3.47. The van der Waals surface area contributed by atoms with Gasteiger partial charge in [0.05, 0.1) is 11.0 Å². The van der Waals surface area contributed by atoms with E-state index in [1.165, 1.54) is 0 Å². The van der Waals surface area contributed by atoms with E-state index in [0.29, 0.717) is 13.1 Å². The zero-order valence-electron chi connectivity index (χ0n) is 10.1. The maximum Gasteiger partial charge on any atom is 0.240 e. The van der Waals surface area contributed by atoms with Gasteiger partial charge in [0, 0.05) is 19.7 Å². The molecular weight excluding hydrogens is 252 g/mol. The molecule has 0 saturated carbocycles. The van der Waals surface area contributed by atoms with Gasteiger partial charge in [-0.3, -0.25) is 0 Å². The van der Waals surface area contributed by atoms with Gasteiger partial charge in [-0.05, 0) is 30.5 Å². The monoisotopic (exact) mass is 270 g/mol. The lowest BCUT2D eigenvalue weighted by atomic mass is 10.2. The van der Waals surface area contributed by atoms with Crippen molar-refractivity contribution in [3.05, 3.63) is 29.8 Å². The second kappa shape index (κ2) is 5.79. The van der Waals surface area contributed by atoms with Crippen molar-refractivity contribution in [1.82, 2.24) is 4.72 Å². The molecule has 1 aromatic rings. The highest BCUT2D eigenvalue weighted by atomic mass is 32.2. The van der Waals surface area contributed by atoms with Crippen LogP contribution in [-0.2, 0) is 21.3 Å². The van der Waals surface area contributed by atoms with Crippen LogP contribution in [0, 0.1) is 0 Å². The van der Waals surface area contributed by atoms with Gasteiger partial charge >= 0.3 is 0 Å². The topological polar surface area (TPSA) is 81.4 Å². The predicted molar refractivity (Wildman–Crippen MR) is 68.5 cm³/mol. The second-order valence-electron chi connectivity index (χ2n) is 4.34. The molecule has 1 heterocycles. The molecule has 5 nitrogen and oxygen atoms in total. The van der Waals surface area contributed by atoms with Crippen LogP contribution in [0.1, 0.15) is 18.4 Å². The Bertz CT molecular complexity index is 496. The van der Waals surface area contributed by atoms with E-state index in [1.54, 1.807) is 24.3 Å². The van der Waals surface area contributed by atoms with Crippen LogP contribution in [0.15, 0.2) is 29.2 Å². The first-order chi connectivity index (χ1) is 8.62. The average molecular weight is 270 g/mol. The van der Waals surface area contributed by atoms with Crippen molar-refractivity contribution >= 4 is 10.0 Å². The molecule has 1 unspecified atom stereocenters. The number of ether oxygens (including phenoxy) is 1. The fourth-order valence-electron chi connectivity index (χ4n) is 1.93. The molecule has 0 amide bonds. The van der Waals surface area contributed by atoms with E-state index in [1.807, 2.05) is 0 Å². The molecule has 100 valence electrons. The zero-order valence-corrected chi connectivity index (χ0v) is 10.9. The molecule has 0 aromatic heterocycles. The summed E-state index contributed by atoms with van der Waals surface area (Å²) >= 11 is 0. The van der Waals surface area contributed by atoms with Gasteiger partial charge in [-0.15, -0.1) is 0 Å². The molecule has 3 N–H and O–H groups in total. The minimum absolute atomic E-state index is 0.00235. The SMILES string of the molecule is NCc1cccc(S(=O)(=O)NCC2CCCO2)c1. The van der Waals surface area contributed by atoms with Crippen LogP contribution in [-0.4, -0.2) is 27.7 Å². The molecule has 0 bridgehead atoms. The van der Waals surface area contributed by atoms with Crippen LogP contribution in [0.3, 0.4) is 0 Å². The molecule has 1 atom stereocenters. The molecule has 1 fully saturated rings. The summed E-state index contributed by atoms with van der Waals surface area (Å²) in [5, 5.41) is 0. The molecule has 2 rings (SSSR count). The minimum Gasteiger partial charge on any atom is -0.377 e. The predicted octanol–water partition coefficient (Wildman–Crippen LogP) is 0.603. The number of hydrogen-bond donors (Lipinski definition) is 2. The maximum atomic E-state index is 12.0. The first kappa shape index (κ1) is 13.5. The van der Waals surface area contributed by atoms with Crippen LogP contribution in [0.2, 0.25) is 0 Å². The standard InChI is InChI=1S/C12H18N2O3S/c13-8-10-3-1-5-12(7-10)18(15,16)14-9-11-4-2-6-17-11/h1,3,5,7,11,14H,2,4,6,8-9,13H2. The lowest BCUT2D eigenvalue weighted by Gasteiger charge is -2.11. The summed E-state index contributed by atoms with van der Waals surface area (Å²) in [5.74, 6) is 0. The highest BCUT2D eigenvalue weighted by molar-refractivity contribution is 7.89. The Morgan fingerprint density at radius 3 is 2.94 bits per heavy atom. The Balaban J connectivity index is 2.04. The molecule has 6 heteroatoms. The Morgan fingerprint density at radius 1 is 1.44 bits per heavy atom. The number of hydrogen-bond acceptors (Lipinski definition) is 4. The molecule has 18 heavy (non-hydrogen) atoms. The summed E-state index contributed by atoms with van der Waals surface area (Å²) < 4.78 is 32.1. The first-order valence-corrected chi connectivity index (χ1v) is 7.50. The third-order valence-corrected chi connectivity index (χ3v) is 4.39. The summed E-state index contributed by atoms with van der Waals surface area (Å²) in [6, 6.07) is 6.66. The van der Waals surface area contributed by atoms with Crippen LogP contribution >= 0.6 is 0 Å². The van der Waals surface area contributed by atoms with Crippen LogP contribution in [0.5, 0.6) is 0 Å². The van der Waals surface area contributed by atoms with Crippen molar-refractivity contribution in [1.29, 1.82) is 0 Å². The zero-order chi connectivity index (χ0) is 13.0. The van der Waals surface area contributed by atoms with E-state index in [4.69, 9.17) is 10.5 Å². The fourth-order valence-corrected chi connectivity index (χ4v) is 3.07. The van der Waals surface area contributed by atoms with Crippen LogP contribution < -0.4 is 10.5 Å². The molecule has 1 aliphatic heterocycles. The smallest absolute Gasteiger partial charge is 0.240 e. The van der Waals surface area contributed by atoms with Crippen LogP contribution in [0.4, 0.5) is 0 Å². The van der Waals surface area contributed by atoms with Gasteiger partial charge in [0.1, 0.15) is 0 Å².